The van der Waals surface area contributed by atoms with Gasteiger partial charge in [-0.3, -0.25) is 0 Å². The van der Waals surface area contributed by atoms with Crippen LogP contribution in [0.4, 0.5) is 0 Å². The van der Waals surface area contributed by atoms with Gasteiger partial charge in [0.25, 0.3) is 0 Å². The van der Waals surface area contributed by atoms with Crippen LogP contribution in [0.15, 0.2) is 24.3 Å². The number of nitrogens with one attached hydrogen (secondary N) is 1. The number of aryl methyl sites for hydroxylation is 1. The summed E-state index contributed by atoms with van der Waals surface area (Å²) >= 11 is 0. The van der Waals surface area contributed by atoms with E-state index in [4.69, 9.17) is 0 Å². The van der Waals surface area contributed by atoms with Gasteiger partial charge in [-0.25, -0.2) is 0 Å². The number of benzene rings is 1. The lowest BCUT2D eigenvalue weighted by Crippen LogP contribution is -2.31. The quantitative estimate of drug-likeness (QED) is 0.801. The first-order valence-corrected chi connectivity index (χ1v) is 8.06. The van der Waals surface area contributed by atoms with Crippen molar-refractivity contribution < 1.29 is 0 Å². The fraction of sp³-hybridized carbons (Fsp3) is 0.667. The SMILES string of the molecule is CCNCC(Cc1cccc(C)c1)C1CCCCC1. The van der Waals surface area contributed by atoms with E-state index < -0.39 is 0 Å². The lowest BCUT2D eigenvalue weighted by molar-refractivity contribution is 0.240. The van der Waals surface area contributed by atoms with Gasteiger partial charge in [0.05, 0.1) is 0 Å². The molecule has 1 aliphatic rings. The maximum Gasteiger partial charge on any atom is -0.00148 e. The molecule has 1 fully saturated rings. The van der Waals surface area contributed by atoms with Gasteiger partial charge >= 0.3 is 0 Å². The van der Waals surface area contributed by atoms with E-state index in [1.54, 1.807) is 0 Å². The lowest BCUT2D eigenvalue weighted by Gasteiger charge is -2.30. The van der Waals surface area contributed by atoms with Crippen molar-refractivity contribution in [2.24, 2.45) is 11.8 Å². The Morgan fingerprint density at radius 3 is 2.68 bits per heavy atom. The Morgan fingerprint density at radius 1 is 1.21 bits per heavy atom. The van der Waals surface area contributed by atoms with Crippen molar-refractivity contribution in [1.82, 2.24) is 5.32 Å². The third-order valence-corrected chi connectivity index (χ3v) is 4.55. The number of hydrogen-bond acceptors (Lipinski definition) is 1. The minimum atomic E-state index is 0.821. The summed E-state index contributed by atoms with van der Waals surface area (Å²) in [5, 5.41) is 3.58. The van der Waals surface area contributed by atoms with Crippen LogP contribution in [0.3, 0.4) is 0 Å². The van der Waals surface area contributed by atoms with Crippen LogP contribution in [0.5, 0.6) is 0 Å². The predicted molar refractivity (Wildman–Crippen MR) is 83.5 cm³/mol. The zero-order valence-corrected chi connectivity index (χ0v) is 12.6. The molecule has 1 aromatic carbocycles. The molecular weight excluding hydrogens is 230 g/mol. The van der Waals surface area contributed by atoms with E-state index in [1.807, 2.05) is 0 Å². The van der Waals surface area contributed by atoms with Crippen molar-refractivity contribution in [1.29, 1.82) is 0 Å². The standard InChI is InChI=1S/C18H29N/c1-3-19-14-18(17-10-5-4-6-11-17)13-16-9-7-8-15(2)12-16/h7-9,12,17-19H,3-6,10-11,13-14H2,1-2H3. The van der Waals surface area contributed by atoms with E-state index in [0.717, 1.165) is 18.4 Å². The average Bonchev–Trinajstić information content (AvgIpc) is 2.44. The fourth-order valence-corrected chi connectivity index (χ4v) is 3.48. The molecular formula is C18H29N. The van der Waals surface area contributed by atoms with Gasteiger partial charge in [0.1, 0.15) is 0 Å². The fourth-order valence-electron chi connectivity index (χ4n) is 3.48. The van der Waals surface area contributed by atoms with Crippen LogP contribution in [0, 0.1) is 18.8 Å². The van der Waals surface area contributed by atoms with E-state index in [1.165, 1.54) is 56.2 Å². The summed E-state index contributed by atoms with van der Waals surface area (Å²) in [6.07, 6.45) is 8.49. The molecule has 19 heavy (non-hydrogen) atoms. The highest BCUT2D eigenvalue weighted by Crippen LogP contribution is 2.31. The maximum atomic E-state index is 3.58. The smallest absolute Gasteiger partial charge is 0.00148 e. The zero-order chi connectivity index (χ0) is 13.5. The third kappa shape index (κ3) is 4.65. The highest BCUT2D eigenvalue weighted by molar-refractivity contribution is 5.22. The highest BCUT2D eigenvalue weighted by atomic mass is 14.8. The van der Waals surface area contributed by atoms with Crippen molar-refractivity contribution >= 4 is 0 Å². The van der Waals surface area contributed by atoms with E-state index >= 15 is 0 Å². The molecule has 0 amide bonds. The minimum absolute atomic E-state index is 0.821. The normalized spacial score (nSPS) is 18.4. The van der Waals surface area contributed by atoms with Gasteiger partial charge in [-0.1, -0.05) is 68.9 Å². The molecule has 0 heterocycles. The number of hydrogen-bond donors (Lipinski definition) is 1. The first kappa shape index (κ1) is 14.6. The van der Waals surface area contributed by atoms with Crippen LogP contribution in [0.25, 0.3) is 0 Å². The van der Waals surface area contributed by atoms with Crippen molar-refractivity contribution in [3.8, 4) is 0 Å². The van der Waals surface area contributed by atoms with Gasteiger partial charge in [0, 0.05) is 0 Å². The van der Waals surface area contributed by atoms with Crippen LogP contribution >= 0.6 is 0 Å². The molecule has 1 atom stereocenters. The van der Waals surface area contributed by atoms with Crippen molar-refractivity contribution in [3.05, 3.63) is 35.4 Å². The monoisotopic (exact) mass is 259 g/mol. The molecule has 0 saturated heterocycles. The van der Waals surface area contributed by atoms with E-state index in [9.17, 15) is 0 Å². The lowest BCUT2D eigenvalue weighted by atomic mass is 9.77. The Balaban J connectivity index is 1.99. The molecule has 1 saturated carbocycles. The summed E-state index contributed by atoms with van der Waals surface area (Å²) in [5.41, 5.74) is 2.91. The van der Waals surface area contributed by atoms with Crippen LogP contribution in [0.2, 0.25) is 0 Å². The van der Waals surface area contributed by atoms with Crippen molar-refractivity contribution in [2.75, 3.05) is 13.1 Å². The summed E-state index contributed by atoms with van der Waals surface area (Å²) in [7, 11) is 0. The molecule has 1 aromatic rings. The van der Waals surface area contributed by atoms with E-state index in [0.29, 0.717) is 0 Å². The second-order valence-corrected chi connectivity index (χ2v) is 6.16. The van der Waals surface area contributed by atoms with Crippen LogP contribution < -0.4 is 5.32 Å². The van der Waals surface area contributed by atoms with Gasteiger partial charge in [-0.2, -0.15) is 0 Å². The van der Waals surface area contributed by atoms with E-state index in [-0.39, 0.29) is 0 Å². The Labute approximate surface area is 118 Å². The molecule has 1 unspecified atom stereocenters. The van der Waals surface area contributed by atoms with Gasteiger partial charge in [0.2, 0.25) is 0 Å². The molecule has 1 heteroatoms. The van der Waals surface area contributed by atoms with Gasteiger partial charge in [0.15, 0.2) is 0 Å². The van der Waals surface area contributed by atoms with Crippen LogP contribution in [-0.4, -0.2) is 13.1 Å². The molecule has 106 valence electrons. The van der Waals surface area contributed by atoms with Crippen LogP contribution in [-0.2, 0) is 6.42 Å². The van der Waals surface area contributed by atoms with Crippen molar-refractivity contribution in [2.45, 2.75) is 52.4 Å². The van der Waals surface area contributed by atoms with Gasteiger partial charge < -0.3 is 5.32 Å². The molecule has 0 aliphatic heterocycles. The van der Waals surface area contributed by atoms with Gasteiger partial charge in [-0.05, 0) is 43.8 Å². The average molecular weight is 259 g/mol. The van der Waals surface area contributed by atoms with Gasteiger partial charge in [-0.15, -0.1) is 0 Å². The number of rotatable bonds is 6. The summed E-state index contributed by atoms with van der Waals surface area (Å²) in [5.74, 6) is 1.76. The molecule has 0 bridgehead atoms. The third-order valence-electron chi connectivity index (χ3n) is 4.55. The molecule has 0 spiro atoms. The summed E-state index contributed by atoms with van der Waals surface area (Å²) in [4.78, 5) is 0. The summed E-state index contributed by atoms with van der Waals surface area (Å²) in [6.45, 7) is 6.69. The first-order valence-electron chi connectivity index (χ1n) is 8.06. The second kappa shape index (κ2) is 7.69. The highest BCUT2D eigenvalue weighted by Gasteiger charge is 2.23. The van der Waals surface area contributed by atoms with Crippen LogP contribution in [0.1, 0.15) is 50.2 Å². The second-order valence-electron chi connectivity index (χ2n) is 6.16. The molecule has 1 aliphatic carbocycles. The first-order chi connectivity index (χ1) is 9.29. The Hall–Kier alpha value is -0.820. The Morgan fingerprint density at radius 2 is 2.00 bits per heavy atom. The zero-order valence-electron chi connectivity index (χ0n) is 12.6. The molecule has 1 nitrogen and oxygen atoms in total. The molecule has 0 aromatic heterocycles. The predicted octanol–water partition coefficient (Wildman–Crippen LogP) is 4.34. The van der Waals surface area contributed by atoms with Crippen molar-refractivity contribution in [3.63, 3.8) is 0 Å². The summed E-state index contributed by atoms with van der Waals surface area (Å²) < 4.78 is 0. The largest absolute Gasteiger partial charge is 0.317 e. The topological polar surface area (TPSA) is 12.0 Å². The minimum Gasteiger partial charge on any atom is -0.317 e. The Kier molecular flexibility index (Phi) is 5.91. The molecule has 1 N–H and O–H groups in total. The summed E-state index contributed by atoms with van der Waals surface area (Å²) in [6, 6.07) is 9.07. The molecule has 2 rings (SSSR count). The van der Waals surface area contributed by atoms with E-state index in [2.05, 4.69) is 43.4 Å². The maximum absolute atomic E-state index is 3.58. The molecule has 0 radical (unpaired) electrons. The Bertz CT molecular complexity index is 366.